The monoisotopic (exact) mass is 330 g/mol. The van der Waals surface area contributed by atoms with Gasteiger partial charge in [-0.3, -0.25) is 0 Å². The van der Waals surface area contributed by atoms with Gasteiger partial charge in [0, 0.05) is 19.6 Å². The fourth-order valence-electron chi connectivity index (χ4n) is 2.27. The highest BCUT2D eigenvalue weighted by Crippen LogP contribution is 2.32. The lowest BCUT2D eigenvalue weighted by atomic mass is 10.3. The molecule has 2 rings (SSSR count). The molecule has 120 valence electrons. The first-order valence-corrected chi connectivity index (χ1v) is 10.2. The van der Waals surface area contributed by atoms with Crippen LogP contribution < -0.4 is 5.32 Å². The molecule has 21 heavy (non-hydrogen) atoms. The molecule has 0 saturated heterocycles. The van der Waals surface area contributed by atoms with E-state index >= 15 is 0 Å². The highest BCUT2D eigenvalue weighted by molar-refractivity contribution is 7.91. The Morgan fingerprint density at radius 2 is 2.10 bits per heavy atom. The average Bonchev–Trinajstić information content (AvgIpc) is 3.14. The zero-order valence-electron chi connectivity index (χ0n) is 13.0. The smallest absolute Gasteiger partial charge is 0.252 e. The maximum atomic E-state index is 12.7. The number of nitrogens with one attached hydrogen (secondary N) is 1. The van der Waals surface area contributed by atoms with Crippen LogP contribution in [-0.2, 0) is 16.6 Å². The summed E-state index contributed by atoms with van der Waals surface area (Å²) < 4.78 is 27.7. The van der Waals surface area contributed by atoms with Gasteiger partial charge in [0.1, 0.15) is 4.21 Å². The summed E-state index contributed by atoms with van der Waals surface area (Å²) in [5.41, 5.74) is 1.06. The van der Waals surface area contributed by atoms with E-state index in [4.69, 9.17) is 0 Å². The minimum Gasteiger partial charge on any atom is -0.313 e. The molecule has 4 nitrogen and oxygen atoms in total. The second kappa shape index (κ2) is 7.72. The van der Waals surface area contributed by atoms with Crippen LogP contribution >= 0.6 is 11.3 Å². The molecule has 0 bridgehead atoms. The summed E-state index contributed by atoms with van der Waals surface area (Å²) in [5, 5.41) is 5.27. The molecule has 1 aliphatic carbocycles. The number of hydrogen-bond acceptors (Lipinski definition) is 4. The van der Waals surface area contributed by atoms with E-state index in [-0.39, 0.29) is 0 Å². The Morgan fingerprint density at radius 3 is 2.71 bits per heavy atom. The van der Waals surface area contributed by atoms with Crippen LogP contribution in [0.5, 0.6) is 0 Å². The van der Waals surface area contributed by atoms with Crippen LogP contribution in [0.3, 0.4) is 0 Å². The molecule has 1 aromatic rings. The first-order chi connectivity index (χ1) is 10.1. The van der Waals surface area contributed by atoms with Crippen molar-refractivity contribution in [1.82, 2.24) is 9.62 Å². The Morgan fingerprint density at radius 1 is 1.33 bits per heavy atom. The van der Waals surface area contributed by atoms with Gasteiger partial charge >= 0.3 is 0 Å². The molecule has 0 spiro atoms. The normalized spacial score (nSPS) is 15.8. The molecule has 1 fully saturated rings. The maximum Gasteiger partial charge on any atom is 0.252 e. The highest BCUT2D eigenvalue weighted by atomic mass is 32.2. The third-order valence-corrected chi connectivity index (χ3v) is 6.94. The van der Waals surface area contributed by atoms with Crippen molar-refractivity contribution in [3.05, 3.63) is 17.0 Å². The van der Waals surface area contributed by atoms with Crippen LogP contribution in [0.15, 0.2) is 15.7 Å². The van der Waals surface area contributed by atoms with Gasteiger partial charge in [0.05, 0.1) is 0 Å². The van der Waals surface area contributed by atoms with Gasteiger partial charge in [-0.1, -0.05) is 13.8 Å². The summed E-state index contributed by atoms with van der Waals surface area (Å²) in [6, 6.07) is 1.83. The molecule has 1 aliphatic rings. The number of rotatable bonds is 10. The van der Waals surface area contributed by atoms with Crippen LogP contribution in [0.1, 0.15) is 45.1 Å². The van der Waals surface area contributed by atoms with Crippen LogP contribution in [0.25, 0.3) is 0 Å². The Labute approximate surface area is 132 Å². The van der Waals surface area contributed by atoms with Crippen molar-refractivity contribution in [2.24, 2.45) is 5.92 Å². The quantitative estimate of drug-likeness (QED) is 0.671. The van der Waals surface area contributed by atoms with Gasteiger partial charge in [0.15, 0.2) is 0 Å². The van der Waals surface area contributed by atoms with Crippen molar-refractivity contribution in [2.45, 2.75) is 50.3 Å². The van der Waals surface area contributed by atoms with Crippen LogP contribution in [0.4, 0.5) is 0 Å². The average molecular weight is 331 g/mol. The summed E-state index contributed by atoms with van der Waals surface area (Å²) in [4.78, 5) is 0. The molecule has 1 N–H and O–H groups in total. The van der Waals surface area contributed by atoms with Gasteiger partial charge in [-0.25, -0.2) is 8.42 Å². The van der Waals surface area contributed by atoms with Gasteiger partial charge in [0.2, 0.25) is 0 Å². The Balaban J connectivity index is 2.05. The van der Waals surface area contributed by atoms with Gasteiger partial charge in [-0.15, -0.1) is 11.3 Å². The standard InChI is InChI=1S/C15H26N2O2S2/c1-3-7-16-10-14-9-15(20-12-14)21(18,19)17(8-4-2)11-13-5-6-13/h9,12-13,16H,3-8,10-11H2,1-2H3. The molecule has 1 aromatic heterocycles. The minimum absolute atomic E-state index is 0.491. The van der Waals surface area contributed by atoms with E-state index in [2.05, 4.69) is 12.2 Å². The van der Waals surface area contributed by atoms with Crippen LogP contribution in [0.2, 0.25) is 0 Å². The lowest BCUT2D eigenvalue weighted by Crippen LogP contribution is -2.33. The van der Waals surface area contributed by atoms with Gasteiger partial charge in [-0.2, -0.15) is 4.31 Å². The topological polar surface area (TPSA) is 49.4 Å². The summed E-state index contributed by atoms with van der Waals surface area (Å²) in [6.07, 6.45) is 4.29. The van der Waals surface area contributed by atoms with E-state index in [0.29, 0.717) is 23.2 Å². The number of nitrogens with zero attached hydrogens (tertiary/aromatic N) is 1. The lowest BCUT2D eigenvalue weighted by molar-refractivity contribution is 0.397. The maximum absolute atomic E-state index is 12.7. The third-order valence-electron chi connectivity index (χ3n) is 3.61. The van der Waals surface area contributed by atoms with Crippen molar-refractivity contribution in [2.75, 3.05) is 19.6 Å². The van der Waals surface area contributed by atoms with E-state index in [9.17, 15) is 8.42 Å². The largest absolute Gasteiger partial charge is 0.313 e. The van der Waals surface area contributed by atoms with E-state index in [0.717, 1.165) is 31.5 Å². The molecule has 6 heteroatoms. The predicted octanol–water partition coefficient (Wildman–Crippen LogP) is 3.06. The highest BCUT2D eigenvalue weighted by Gasteiger charge is 2.31. The van der Waals surface area contributed by atoms with Crippen LogP contribution in [0, 0.1) is 5.92 Å². The predicted molar refractivity (Wildman–Crippen MR) is 88.1 cm³/mol. The fraction of sp³-hybridized carbons (Fsp3) is 0.733. The van der Waals surface area contributed by atoms with Gasteiger partial charge < -0.3 is 5.32 Å². The Bertz CT molecular complexity index is 536. The lowest BCUT2D eigenvalue weighted by Gasteiger charge is -2.20. The number of hydrogen-bond donors (Lipinski definition) is 1. The molecule has 0 aliphatic heterocycles. The van der Waals surface area contributed by atoms with Crippen molar-refractivity contribution < 1.29 is 8.42 Å². The van der Waals surface area contributed by atoms with Crippen LogP contribution in [-0.4, -0.2) is 32.4 Å². The van der Waals surface area contributed by atoms with Gasteiger partial charge in [-0.05, 0) is 55.2 Å². The van der Waals surface area contributed by atoms with E-state index in [1.165, 1.54) is 24.2 Å². The molecule has 1 saturated carbocycles. The van der Waals surface area contributed by atoms with Crippen molar-refractivity contribution in [3.63, 3.8) is 0 Å². The Hall–Kier alpha value is -0.430. The first kappa shape index (κ1) is 16.9. The molecular formula is C15H26N2O2S2. The second-order valence-corrected chi connectivity index (χ2v) is 8.83. The fourth-order valence-corrected chi connectivity index (χ4v) is 5.24. The zero-order chi connectivity index (χ0) is 15.3. The molecular weight excluding hydrogens is 304 g/mol. The van der Waals surface area contributed by atoms with E-state index in [1.807, 2.05) is 18.4 Å². The van der Waals surface area contributed by atoms with E-state index in [1.54, 1.807) is 4.31 Å². The third kappa shape index (κ3) is 4.77. The second-order valence-electron chi connectivity index (χ2n) is 5.76. The molecule has 0 aromatic carbocycles. The van der Waals surface area contributed by atoms with Crippen molar-refractivity contribution in [1.29, 1.82) is 0 Å². The molecule has 0 radical (unpaired) electrons. The number of sulfonamides is 1. The molecule has 0 amide bonds. The van der Waals surface area contributed by atoms with Crippen molar-refractivity contribution >= 4 is 21.4 Å². The van der Waals surface area contributed by atoms with Crippen molar-refractivity contribution in [3.8, 4) is 0 Å². The molecule has 1 heterocycles. The Kier molecular flexibility index (Phi) is 6.22. The molecule has 0 unspecified atom stereocenters. The van der Waals surface area contributed by atoms with Gasteiger partial charge in [0.25, 0.3) is 10.0 Å². The minimum atomic E-state index is -3.30. The zero-order valence-corrected chi connectivity index (χ0v) is 14.6. The summed E-state index contributed by atoms with van der Waals surface area (Å²) in [6.45, 7) is 7.18. The first-order valence-electron chi connectivity index (χ1n) is 7.86. The summed E-state index contributed by atoms with van der Waals surface area (Å²) in [7, 11) is -3.30. The van der Waals surface area contributed by atoms with E-state index < -0.39 is 10.0 Å². The molecule has 0 atom stereocenters. The SMILES string of the molecule is CCCNCc1csc(S(=O)(=O)N(CCC)CC2CC2)c1. The summed E-state index contributed by atoms with van der Waals surface area (Å²) >= 11 is 1.35. The summed E-state index contributed by atoms with van der Waals surface area (Å²) in [5.74, 6) is 0.581. The number of thiophene rings is 1.